The maximum absolute atomic E-state index is 12.9. The van der Waals surface area contributed by atoms with Crippen LogP contribution in [0, 0.1) is 6.92 Å². The second kappa shape index (κ2) is 7.25. The summed E-state index contributed by atoms with van der Waals surface area (Å²) >= 11 is 0. The van der Waals surface area contributed by atoms with Crippen molar-refractivity contribution < 1.29 is 9.53 Å². The van der Waals surface area contributed by atoms with Crippen molar-refractivity contribution in [2.24, 2.45) is 0 Å². The number of esters is 1. The molecule has 148 valence electrons. The van der Waals surface area contributed by atoms with Gasteiger partial charge in [-0.1, -0.05) is 81.9 Å². The lowest BCUT2D eigenvalue weighted by Crippen LogP contribution is -2.44. The molecule has 0 saturated heterocycles. The molecule has 3 rings (SSSR count). The van der Waals surface area contributed by atoms with E-state index < -0.39 is 14.2 Å². The number of para-hydroxylation sites is 1. The minimum Gasteiger partial charge on any atom is -0.468 e. The van der Waals surface area contributed by atoms with E-state index >= 15 is 0 Å². The Morgan fingerprint density at radius 3 is 2.21 bits per heavy atom. The Hall–Kier alpha value is -2.33. The maximum atomic E-state index is 12.9. The largest absolute Gasteiger partial charge is 0.468 e. The van der Waals surface area contributed by atoms with Crippen molar-refractivity contribution in [3.63, 3.8) is 0 Å². The molecule has 4 heteroatoms. The number of nitrogens with zero attached hydrogens (tertiary/aromatic N) is 1. The first kappa shape index (κ1) is 20.4. The van der Waals surface area contributed by atoms with Gasteiger partial charge >= 0.3 is 5.97 Å². The van der Waals surface area contributed by atoms with E-state index in [0.717, 1.165) is 16.5 Å². The third-order valence-corrected chi connectivity index (χ3v) is 11.6. The summed E-state index contributed by atoms with van der Waals surface area (Å²) in [4.78, 5) is 12.9. The SMILES string of the molecule is COC(=O)C(c1ccc(C)cc1)c1cn([Si](C)(C)C(C)(C)C)c2ccccc12. The lowest BCUT2D eigenvalue weighted by Gasteiger charge is -2.38. The van der Waals surface area contributed by atoms with Crippen LogP contribution in [0.25, 0.3) is 10.9 Å². The summed E-state index contributed by atoms with van der Waals surface area (Å²) < 4.78 is 7.69. The Morgan fingerprint density at radius 2 is 1.64 bits per heavy atom. The number of aromatic nitrogens is 1. The number of carbonyl (C=O) groups is 1. The van der Waals surface area contributed by atoms with Crippen molar-refractivity contribution >= 4 is 25.1 Å². The highest BCUT2D eigenvalue weighted by molar-refractivity contribution is 6.79. The number of carbonyl (C=O) groups excluding carboxylic acids is 1. The van der Waals surface area contributed by atoms with E-state index in [1.165, 1.54) is 18.2 Å². The second-order valence-corrected chi connectivity index (χ2v) is 14.2. The summed E-state index contributed by atoms with van der Waals surface area (Å²) in [5.74, 6) is -0.650. The highest BCUT2D eigenvalue weighted by Gasteiger charge is 2.39. The Bertz CT molecular complexity index is 994. The molecule has 28 heavy (non-hydrogen) atoms. The van der Waals surface area contributed by atoms with Gasteiger partial charge in [0.05, 0.1) is 7.11 Å². The van der Waals surface area contributed by atoms with Gasteiger partial charge in [0.1, 0.15) is 5.92 Å². The fourth-order valence-corrected chi connectivity index (χ4v) is 5.56. The maximum Gasteiger partial charge on any atom is 0.317 e. The number of ether oxygens (including phenoxy) is 1. The van der Waals surface area contributed by atoms with Gasteiger partial charge in [0, 0.05) is 17.1 Å². The molecular weight excluding hydrogens is 362 g/mol. The smallest absolute Gasteiger partial charge is 0.317 e. The number of benzene rings is 2. The van der Waals surface area contributed by atoms with E-state index in [1.54, 1.807) is 0 Å². The third kappa shape index (κ3) is 3.42. The van der Waals surface area contributed by atoms with Crippen LogP contribution in [0.2, 0.25) is 18.1 Å². The number of hydrogen-bond donors (Lipinski definition) is 0. The van der Waals surface area contributed by atoms with Gasteiger partial charge in [-0.15, -0.1) is 0 Å². The zero-order chi connectivity index (χ0) is 20.7. The van der Waals surface area contributed by atoms with Crippen molar-refractivity contribution in [1.29, 1.82) is 0 Å². The normalized spacial score (nSPS) is 13.5. The molecule has 0 bridgehead atoms. The lowest BCUT2D eigenvalue weighted by atomic mass is 9.90. The second-order valence-electron chi connectivity index (χ2n) is 9.15. The van der Waals surface area contributed by atoms with Crippen LogP contribution in [0.4, 0.5) is 0 Å². The lowest BCUT2D eigenvalue weighted by molar-refractivity contribution is -0.141. The first-order valence-electron chi connectivity index (χ1n) is 9.83. The van der Waals surface area contributed by atoms with E-state index in [9.17, 15) is 4.79 Å². The highest BCUT2D eigenvalue weighted by Crippen LogP contribution is 2.41. The molecule has 3 nitrogen and oxygen atoms in total. The van der Waals surface area contributed by atoms with Gasteiger partial charge in [-0.3, -0.25) is 4.79 Å². The molecule has 1 atom stereocenters. The quantitative estimate of drug-likeness (QED) is 0.396. The first-order chi connectivity index (χ1) is 13.1. The molecular formula is C24H31NO2Si. The minimum atomic E-state index is -1.86. The summed E-state index contributed by atoms with van der Waals surface area (Å²) in [7, 11) is -0.392. The van der Waals surface area contributed by atoms with E-state index in [-0.39, 0.29) is 11.0 Å². The molecule has 0 aliphatic rings. The topological polar surface area (TPSA) is 31.2 Å². The van der Waals surface area contributed by atoms with Crippen LogP contribution in [0.5, 0.6) is 0 Å². The molecule has 0 spiro atoms. The molecule has 1 aromatic heterocycles. The van der Waals surface area contributed by atoms with Gasteiger partial charge in [-0.05, 0) is 29.2 Å². The highest BCUT2D eigenvalue weighted by atomic mass is 28.3. The van der Waals surface area contributed by atoms with E-state index in [0.29, 0.717) is 0 Å². The summed E-state index contributed by atoms with van der Waals surface area (Å²) in [5, 5.41) is 1.31. The van der Waals surface area contributed by atoms with Crippen molar-refractivity contribution in [3.05, 3.63) is 71.4 Å². The Kier molecular flexibility index (Phi) is 5.28. The average molecular weight is 394 g/mol. The summed E-state index contributed by atoms with van der Waals surface area (Å²) in [6, 6.07) is 16.6. The fourth-order valence-electron chi connectivity index (χ4n) is 3.58. The molecule has 1 unspecified atom stereocenters. The molecule has 0 aliphatic heterocycles. The van der Waals surface area contributed by atoms with Crippen molar-refractivity contribution in [1.82, 2.24) is 4.23 Å². The van der Waals surface area contributed by atoms with Crippen molar-refractivity contribution in [3.8, 4) is 0 Å². The van der Waals surface area contributed by atoms with Crippen LogP contribution in [0.1, 0.15) is 43.4 Å². The Balaban J connectivity index is 2.29. The average Bonchev–Trinajstić information content (AvgIpc) is 3.02. The van der Waals surface area contributed by atoms with Gasteiger partial charge in [0.25, 0.3) is 0 Å². The number of hydrogen-bond acceptors (Lipinski definition) is 2. The number of methoxy groups -OCH3 is 1. The first-order valence-corrected chi connectivity index (χ1v) is 12.8. The van der Waals surface area contributed by atoms with E-state index in [1.807, 2.05) is 18.2 Å². The molecule has 0 N–H and O–H groups in total. The van der Waals surface area contributed by atoms with Crippen molar-refractivity contribution in [2.75, 3.05) is 7.11 Å². The van der Waals surface area contributed by atoms with Crippen LogP contribution in [0.15, 0.2) is 54.7 Å². The molecule has 0 amide bonds. The summed E-state index contributed by atoms with van der Waals surface area (Å²) in [6.45, 7) is 13.8. The molecule has 0 radical (unpaired) electrons. The van der Waals surface area contributed by atoms with Crippen molar-refractivity contribution in [2.45, 2.75) is 51.7 Å². The van der Waals surface area contributed by atoms with Crippen LogP contribution in [-0.4, -0.2) is 25.5 Å². The van der Waals surface area contributed by atoms with Gasteiger partial charge in [0.2, 0.25) is 0 Å². The zero-order valence-electron chi connectivity index (χ0n) is 18.0. The molecule has 0 saturated carbocycles. The predicted molar refractivity (Wildman–Crippen MR) is 120 cm³/mol. The van der Waals surface area contributed by atoms with Gasteiger partial charge in [0.15, 0.2) is 8.24 Å². The van der Waals surface area contributed by atoms with E-state index in [2.05, 4.69) is 81.6 Å². The predicted octanol–water partition coefficient (Wildman–Crippen LogP) is 6.11. The number of aryl methyl sites for hydroxylation is 1. The van der Waals surface area contributed by atoms with Crippen LogP contribution >= 0.6 is 0 Å². The molecule has 1 heterocycles. The molecule has 0 fully saturated rings. The zero-order valence-corrected chi connectivity index (χ0v) is 19.0. The van der Waals surface area contributed by atoms with Crippen LogP contribution < -0.4 is 0 Å². The van der Waals surface area contributed by atoms with E-state index in [4.69, 9.17) is 4.74 Å². The molecule has 0 aliphatic carbocycles. The Morgan fingerprint density at radius 1 is 1.04 bits per heavy atom. The van der Waals surface area contributed by atoms with Crippen LogP contribution in [-0.2, 0) is 9.53 Å². The summed E-state index contributed by atoms with van der Waals surface area (Å²) in [6.07, 6.45) is 2.21. The molecule has 2 aromatic carbocycles. The fraction of sp³-hybridized carbons (Fsp3) is 0.375. The monoisotopic (exact) mass is 393 g/mol. The number of fused-ring (bicyclic) bond motifs is 1. The van der Waals surface area contributed by atoms with Gasteiger partial charge < -0.3 is 8.97 Å². The van der Waals surface area contributed by atoms with Crippen LogP contribution in [0.3, 0.4) is 0 Å². The van der Waals surface area contributed by atoms with Gasteiger partial charge in [-0.2, -0.15) is 0 Å². The number of rotatable bonds is 4. The van der Waals surface area contributed by atoms with Gasteiger partial charge in [-0.25, -0.2) is 0 Å². The third-order valence-electron chi connectivity index (χ3n) is 6.34. The molecule has 3 aromatic rings. The summed E-state index contributed by atoms with van der Waals surface area (Å²) in [5.41, 5.74) is 4.37. The standard InChI is InChI=1S/C24H31NO2Si/c1-17-12-14-18(15-13-17)22(23(26)27-5)20-16-25(28(6,7)24(2,3)4)21-11-9-8-10-19(20)21/h8-16,22H,1-7H3. The minimum absolute atomic E-state index is 0.177. The Labute approximate surface area is 169 Å².